The molecule has 0 radical (unpaired) electrons. The zero-order chi connectivity index (χ0) is 37.2. The molecule has 16 heteroatoms. The lowest BCUT2D eigenvalue weighted by Crippen LogP contribution is -2.50. The molecule has 4 nitrogen and oxygen atoms in total. The van der Waals surface area contributed by atoms with E-state index in [4.69, 9.17) is 0 Å². The molecule has 0 saturated carbocycles. The number of fused-ring (bicyclic) bond motifs is 1. The van der Waals surface area contributed by atoms with Crippen LogP contribution in [0.4, 0.5) is 52.7 Å². The monoisotopic (exact) mass is 731 g/mol. The van der Waals surface area contributed by atoms with Crippen LogP contribution in [0.25, 0.3) is 0 Å². The summed E-state index contributed by atoms with van der Waals surface area (Å²) >= 11 is 0. The predicted molar refractivity (Wildman–Crippen MR) is 160 cm³/mol. The summed E-state index contributed by atoms with van der Waals surface area (Å²) in [5.74, 6) is -0.0213. The van der Waals surface area contributed by atoms with Gasteiger partial charge < -0.3 is 15.3 Å². The number of guanidine groups is 1. The lowest BCUT2D eigenvalue weighted by molar-refractivity contribution is -0.144. The van der Waals surface area contributed by atoms with Crippen molar-refractivity contribution < 1.29 is 57.8 Å². The van der Waals surface area contributed by atoms with Gasteiger partial charge in [-0.15, -0.1) is 0 Å². The molecule has 0 amide bonds. The summed E-state index contributed by atoms with van der Waals surface area (Å²) in [5, 5.41) is 15.1. The van der Waals surface area contributed by atoms with Crippen LogP contribution in [0.2, 0.25) is 0 Å². The average molecular weight is 732 g/mol. The van der Waals surface area contributed by atoms with Gasteiger partial charge in [0.2, 0.25) is 0 Å². The molecule has 270 valence electrons. The fourth-order valence-electron chi connectivity index (χ4n) is 6.67. The van der Waals surface area contributed by atoms with Crippen molar-refractivity contribution in [2.45, 2.75) is 41.8 Å². The molecule has 2 aliphatic heterocycles. The van der Waals surface area contributed by atoms with Crippen LogP contribution in [-0.2, 0) is 35.7 Å². The third-order valence-corrected chi connectivity index (χ3v) is 9.18. The van der Waals surface area contributed by atoms with E-state index in [2.05, 4.69) is 10.3 Å². The Hall–Kier alpha value is -4.73. The van der Waals surface area contributed by atoms with Gasteiger partial charge in [-0.2, -0.15) is 52.7 Å². The van der Waals surface area contributed by atoms with Gasteiger partial charge in [-0.3, -0.25) is 4.99 Å². The van der Waals surface area contributed by atoms with E-state index in [0.717, 1.165) is 11.1 Å². The van der Waals surface area contributed by atoms with Crippen molar-refractivity contribution in [1.82, 2.24) is 10.2 Å². The number of aliphatic hydroxyl groups is 1. The molecule has 2 heterocycles. The number of rotatable bonds is 5. The zero-order valence-electron chi connectivity index (χ0n) is 25.8. The molecular weight excluding hydrogens is 706 g/mol. The summed E-state index contributed by atoms with van der Waals surface area (Å²) < 4.78 is 168. The van der Waals surface area contributed by atoms with E-state index in [1.165, 1.54) is 4.90 Å². The number of aliphatic imine (C=N–C) groups is 1. The van der Waals surface area contributed by atoms with E-state index >= 15 is 0 Å². The minimum Gasteiger partial charge on any atom is -0.378 e. The third kappa shape index (κ3) is 6.72. The molecule has 51 heavy (non-hydrogen) atoms. The van der Waals surface area contributed by atoms with Crippen molar-refractivity contribution in [2.24, 2.45) is 4.99 Å². The second-order valence-electron chi connectivity index (χ2n) is 12.4. The Morgan fingerprint density at radius 2 is 0.922 bits per heavy atom. The van der Waals surface area contributed by atoms with Crippen LogP contribution in [-0.4, -0.2) is 41.6 Å². The highest BCUT2D eigenvalue weighted by atomic mass is 19.4. The Morgan fingerprint density at radius 3 is 1.27 bits per heavy atom. The fourth-order valence-corrected chi connectivity index (χ4v) is 6.67. The second kappa shape index (κ2) is 12.2. The molecule has 0 spiro atoms. The minimum absolute atomic E-state index is 0.0213. The van der Waals surface area contributed by atoms with Gasteiger partial charge in [-0.1, -0.05) is 60.7 Å². The van der Waals surface area contributed by atoms with Gasteiger partial charge in [0.15, 0.2) is 5.96 Å². The highest BCUT2D eigenvalue weighted by molar-refractivity contribution is 5.84. The molecule has 2 N–H and O–H groups in total. The summed E-state index contributed by atoms with van der Waals surface area (Å²) in [6.07, 6.45) is -21.8. The van der Waals surface area contributed by atoms with Gasteiger partial charge >= 0.3 is 24.7 Å². The largest absolute Gasteiger partial charge is 0.416 e. The topological polar surface area (TPSA) is 47.9 Å². The van der Waals surface area contributed by atoms with Crippen LogP contribution in [0.5, 0.6) is 0 Å². The normalized spacial score (nSPS) is 18.3. The summed E-state index contributed by atoms with van der Waals surface area (Å²) in [7, 11) is 0. The molecule has 0 aromatic heterocycles. The quantitative estimate of drug-likeness (QED) is 0.202. The summed E-state index contributed by atoms with van der Waals surface area (Å²) in [6.45, 7) is -0.424. The minimum atomic E-state index is -5.46. The number of hydrogen-bond donors (Lipinski definition) is 2. The Morgan fingerprint density at radius 1 is 0.569 bits per heavy atom. The van der Waals surface area contributed by atoms with Gasteiger partial charge in [0.25, 0.3) is 0 Å². The van der Waals surface area contributed by atoms with Gasteiger partial charge in [-0.25, -0.2) is 0 Å². The van der Waals surface area contributed by atoms with Crippen molar-refractivity contribution in [3.05, 3.63) is 142 Å². The zero-order valence-corrected chi connectivity index (χ0v) is 25.8. The molecule has 4 aromatic rings. The van der Waals surface area contributed by atoms with E-state index in [0.29, 0.717) is 0 Å². The molecule has 0 bridgehead atoms. The van der Waals surface area contributed by atoms with Crippen molar-refractivity contribution in [3.63, 3.8) is 0 Å². The number of alkyl halides is 12. The highest BCUT2D eigenvalue weighted by Gasteiger charge is 2.52. The molecule has 1 atom stereocenters. The number of hydrogen-bond acceptors (Lipinski definition) is 4. The molecule has 0 unspecified atom stereocenters. The van der Waals surface area contributed by atoms with Crippen molar-refractivity contribution in [3.8, 4) is 0 Å². The lowest BCUT2D eigenvalue weighted by Gasteiger charge is -2.41. The maximum Gasteiger partial charge on any atom is 0.416 e. The second-order valence-corrected chi connectivity index (χ2v) is 12.4. The van der Waals surface area contributed by atoms with Gasteiger partial charge in [0.1, 0.15) is 5.60 Å². The van der Waals surface area contributed by atoms with Crippen molar-refractivity contribution in [2.75, 3.05) is 19.6 Å². The van der Waals surface area contributed by atoms with Gasteiger partial charge in [-0.05, 0) is 58.7 Å². The first-order chi connectivity index (χ1) is 23.6. The van der Waals surface area contributed by atoms with Gasteiger partial charge in [0.05, 0.1) is 40.3 Å². The van der Waals surface area contributed by atoms with Crippen molar-refractivity contribution >= 4 is 5.96 Å². The van der Waals surface area contributed by atoms with E-state index < -0.39 is 81.7 Å². The van der Waals surface area contributed by atoms with Crippen LogP contribution < -0.4 is 5.32 Å². The molecule has 1 saturated heterocycles. The number of benzene rings is 4. The standard InChI is InChI=1S/C35H25F12N3O/c36-32(37,38)24-11-22(12-25(15-24)33(39,40)41)31(51,23-13-26(34(42,43)44)16-27(14-23)35(45,46)47)28-17-50-19-30(18-48-29(50)49-28,20-7-3-1-4-8-20)21-9-5-2-6-10-21/h1-16,28,51H,17-19H2,(H,48,49)/t28-/m0/s1. The molecular formula is C35H25F12N3O. The molecule has 2 aliphatic rings. The summed E-state index contributed by atoms with van der Waals surface area (Å²) in [4.78, 5) is 6.07. The van der Waals surface area contributed by atoms with Crippen LogP contribution in [0.1, 0.15) is 44.5 Å². The third-order valence-electron chi connectivity index (χ3n) is 9.18. The SMILES string of the molecule is OC(c1cc(C(F)(F)F)cc(C(F)(F)F)c1)(c1cc(C(F)(F)F)cc(C(F)(F)F)c1)[C@@H]1CN2CC(c3ccccc3)(c3ccccc3)CN=C2N1. The molecule has 6 rings (SSSR count). The van der Waals surface area contributed by atoms with E-state index in [9.17, 15) is 57.8 Å². The van der Waals surface area contributed by atoms with Crippen LogP contribution in [0.3, 0.4) is 0 Å². The Bertz CT molecular complexity index is 1750. The highest BCUT2D eigenvalue weighted by Crippen LogP contribution is 2.46. The number of nitrogens with one attached hydrogen (secondary N) is 1. The summed E-state index contributed by atoms with van der Waals surface area (Å²) in [6, 6.07) is 15.8. The Kier molecular flexibility index (Phi) is 8.63. The van der Waals surface area contributed by atoms with E-state index in [-0.39, 0.29) is 55.4 Å². The Balaban J connectivity index is 1.56. The maximum absolute atomic E-state index is 14.0. The lowest BCUT2D eigenvalue weighted by atomic mass is 9.73. The van der Waals surface area contributed by atoms with Crippen LogP contribution in [0.15, 0.2) is 102 Å². The van der Waals surface area contributed by atoms with Gasteiger partial charge in [0, 0.05) is 13.1 Å². The number of halogens is 12. The number of nitrogens with zero attached hydrogens (tertiary/aromatic N) is 2. The van der Waals surface area contributed by atoms with Crippen molar-refractivity contribution in [1.29, 1.82) is 0 Å². The molecule has 1 fully saturated rings. The molecule has 4 aromatic carbocycles. The molecule has 0 aliphatic carbocycles. The van der Waals surface area contributed by atoms with E-state index in [1.807, 2.05) is 24.3 Å². The average Bonchev–Trinajstić information content (AvgIpc) is 3.50. The maximum atomic E-state index is 14.0. The van der Waals surface area contributed by atoms with Crippen LogP contribution >= 0.6 is 0 Å². The summed E-state index contributed by atoms with van der Waals surface area (Å²) in [5.41, 5.74) is -13.0. The fraction of sp³-hybridized carbons (Fsp3) is 0.286. The predicted octanol–water partition coefficient (Wildman–Crippen LogP) is 8.63. The first-order valence-corrected chi connectivity index (χ1v) is 15.1. The Labute approximate surface area is 282 Å². The first kappa shape index (κ1) is 36.1. The first-order valence-electron chi connectivity index (χ1n) is 15.1. The van der Waals surface area contributed by atoms with E-state index in [1.54, 1.807) is 36.4 Å². The van der Waals surface area contributed by atoms with Crippen LogP contribution in [0, 0.1) is 0 Å². The smallest absolute Gasteiger partial charge is 0.378 e.